The number of hydrogen-bond donors (Lipinski definition) is 2. The normalized spacial score (nSPS) is 15.4. The highest BCUT2D eigenvalue weighted by molar-refractivity contribution is 6.45. The Kier molecular flexibility index (Phi) is 12.3. The predicted octanol–water partition coefficient (Wildman–Crippen LogP) is 7.17. The molecule has 0 radical (unpaired) electrons. The molecule has 3 heterocycles. The Morgan fingerprint density at radius 2 is 1.37 bits per heavy atom. The van der Waals surface area contributed by atoms with Gasteiger partial charge in [-0.05, 0) is 85.2 Å². The van der Waals surface area contributed by atoms with Gasteiger partial charge in [0.2, 0.25) is 5.91 Å². The lowest BCUT2D eigenvalue weighted by atomic mass is 9.76. The summed E-state index contributed by atoms with van der Waals surface area (Å²) >= 11 is 6.04. The summed E-state index contributed by atoms with van der Waals surface area (Å²) in [5.41, 5.74) is 3.28. The molecule has 1 unspecified atom stereocenters. The van der Waals surface area contributed by atoms with Crippen molar-refractivity contribution in [1.82, 2.24) is 45.8 Å². The Morgan fingerprint density at radius 3 is 1.95 bits per heavy atom. The van der Waals surface area contributed by atoms with Crippen molar-refractivity contribution in [2.45, 2.75) is 95.7 Å². The lowest BCUT2D eigenvalue weighted by Gasteiger charge is -2.40. The summed E-state index contributed by atoms with van der Waals surface area (Å²) in [4.78, 5) is 13.5. The number of carbonyl (C=O) groups is 1. The van der Waals surface area contributed by atoms with Gasteiger partial charge in [-0.25, -0.2) is 9.36 Å². The molecule has 1 aliphatic rings. The fraction of sp³-hybridized carbons (Fsp3) is 0.349. The van der Waals surface area contributed by atoms with Crippen LogP contribution in [-0.4, -0.2) is 59.4 Å². The molecule has 294 valence electrons. The van der Waals surface area contributed by atoms with Crippen LogP contribution in [0.1, 0.15) is 86.8 Å². The number of benzene rings is 4. The van der Waals surface area contributed by atoms with Gasteiger partial charge in [-0.2, -0.15) is 0 Å². The topological polar surface area (TPSA) is 134 Å². The van der Waals surface area contributed by atoms with Crippen molar-refractivity contribution in [3.63, 3.8) is 0 Å². The van der Waals surface area contributed by atoms with E-state index in [4.69, 9.17) is 20.9 Å². The van der Waals surface area contributed by atoms with Gasteiger partial charge in [0.1, 0.15) is 12.2 Å². The third-order valence-corrected chi connectivity index (χ3v) is 11.2. The summed E-state index contributed by atoms with van der Waals surface area (Å²) in [7, 11) is -0.286. The zero-order valence-corrected chi connectivity index (χ0v) is 33.6. The number of rotatable bonds is 17. The summed E-state index contributed by atoms with van der Waals surface area (Å²) in [6, 6.07) is 38.5. The summed E-state index contributed by atoms with van der Waals surface area (Å²) in [6.07, 6.45) is 4.91. The van der Waals surface area contributed by atoms with Crippen LogP contribution in [0.25, 0.3) is 0 Å². The molecule has 6 aromatic rings. The molecule has 1 saturated heterocycles. The molecule has 2 aromatic heterocycles. The lowest BCUT2D eigenvalue weighted by molar-refractivity contribution is -0.122. The first kappa shape index (κ1) is 40.0. The zero-order chi connectivity index (χ0) is 39.9. The molecule has 7 rings (SSSR count). The van der Waals surface area contributed by atoms with Crippen molar-refractivity contribution in [1.29, 1.82) is 0 Å². The van der Waals surface area contributed by atoms with Crippen LogP contribution in [0.15, 0.2) is 121 Å². The average molecular weight is 786 g/mol. The van der Waals surface area contributed by atoms with E-state index in [-0.39, 0.29) is 43.4 Å². The number of aromatic nitrogens is 7. The van der Waals surface area contributed by atoms with Crippen molar-refractivity contribution in [3.05, 3.63) is 160 Å². The minimum atomic E-state index is -0.795. The van der Waals surface area contributed by atoms with Crippen LogP contribution in [0.3, 0.4) is 0 Å². The number of hydrogen-bond acceptors (Lipinski definition) is 9. The SMILES string of the molecule is CC1(C)OB(CCCCC(NC(c2ccccc2)(c2ccccc2)c2ccccc2)c2nnnn2CC(=O)NCc2cn(Cc3ccc(Cl)cc3)nn2)OC1(C)C. The second-order valence-electron chi connectivity index (χ2n) is 15.5. The van der Waals surface area contributed by atoms with Gasteiger partial charge in [0, 0.05) is 5.02 Å². The van der Waals surface area contributed by atoms with Crippen LogP contribution in [-0.2, 0) is 39.3 Å². The Bertz CT molecular complexity index is 2090. The average Bonchev–Trinajstić information content (AvgIpc) is 3.92. The van der Waals surface area contributed by atoms with E-state index in [9.17, 15) is 4.79 Å². The monoisotopic (exact) mass is 785 g/mol. The maximum atomic E-state index is 13.5. The van der Waals surface area contributed by atoms with Crippen LogP contribution in [0.4, 0.5) is 0 Å². The number of unbranched alkanes of at least 4 members (excludes halogenated alkanes) is 1. The van der Waals surface area contributed by atoms with Crippen LogP contribution < -0.4 is 10.6 Å². The van der Waals surface area contributed by atoms with Gasteiger partial charge in [-0.1, -0.05) is 133 Å². The minimum absolute atomic E-state index is 0.0810. The molecular formula is C43H49BClN9O3. The van der Waals surface area contributed by atoms with E-state index in [0.29, 0.717) is 29.5 Å². The first-order chi connectivity index (χ1) is 27.5. The van der Waals surface area contributed by atoms with Crippen molar-refractivity contribution in [2.75, 3.05) is 0 Å². The number of tetrazole rings is 1. The molecule has 14 heteroatoms. The first-order valence-corrected chi connectivity index (χ1v) is 19.9. The maximum absolute atomic E-state index is 13.5. The number of amides is 1. The van der Waals surface area contributed by atoms with Crippen LogP contribution in [0.5, 0.6) is 0 Å². The number of nitrogens with zero attached hydrogens (tertiary/aromatic N) is 7. The Morgan fingerprint density at radius 1 is 0.789 bits per heavy atom. The highest BCUT2D eigenvalue weighted by Crippen LogP contribution is 2.41. The van der Waals surface area contributed by atoms with Gasteiger partial charge in [0.05, 0.1) is 42.1 Å². The molecule has 1 fully saturated rings. The summed E-state index contributed by atoms with van der Waals surface area (Å²) < 4.78 is 15.9. The van der Waals surface area contributed by atoms with E-state index in [1.54, 1.807) is 9.36 Å². The van der Waals surface area contributed by atoms with Gasteiger partial charge in [0.25, 0.3) is 0 Å². The molecular weight excluding hydrogens is 737 g/mol. The summed E-state index contributed by atoms with van der Waals surface area (Å²) in [6.45, 7) is 8.96. The van der Waals surface area contributed by atoms with E-state index in [2.05, 4.69) is 137 Å². The molecule has 0 bridgehead atoms. The van der Waals surface area contributed by atoms with E-state index in [1.165, 1.54) is 0 Å². The van der Waals surface area contributed by atoms with Gasteiger partial charge < -0.3 is 14.6 Å². The Labute approximate surface area is 339 Å². The van der Waals surface area contributed by atoms with Crippen LogP contribution >= 0.6 is 11.6 Å². The quantitative estimate of drug-likeness (QED) is 0.0561. The minimum Gasteiger partial charge on any atom is -0.403 e. The number of carbonyl (C=O) groups excluding carboxylic acids is 1. The van der Waals surface area contributed by atoms with E-state index in [1.807, 2.05) is 48.7 Å². The summed E-state index contributed by atoms with van der Waals surface area (Å²) in [5, 5.41) is 29.2. The molecule has 57 heavy (non-hydrogen) atoms. The van der Waals surface area contributed by atoms with Crippen LogP contribution in [0.2, 0.25) is 11.3 Å². The zero-order valence-electron chi connectivity index (χ0n) is 32.9. The maximum Gasteiger partial charge on any atom is 0.457 e. The fourth-order valence-electron chi connectivity index (χ4n) is 7.31. The lowest BCUT2D eigenvalue weighted by Crippen LogP contribution is -2.47. The number of nitrogens with one attached hydrogen (secondary N) is 2. The van der Waals surface area contributed by atoms with E-state index >= 15 is 0 Å². The Balaban J connectivity index is 1.13. The van der Waals surface area contributed by atoms with Gasteiger partial charge in [-0.15, -0.1) is 10.2 Å². The molecule has 12 nitrogen and oxygen atoms in total. The largest absolute Gasteiger partial charge is 0.457 e. The highest BCUT2D eigenvalue weighted by atomic mass is 35.5. The smallest absolute Gasteiger partial charge is 0.403 e. The molecule has 1 amide bonds. The molecule has 0 spiro atoms. The van der Waals surface area contributed by atoms with Gasteiger partial charge in [-0.3, -0.25) is 10.1 Å². The van der Waals surface area contributed by atoms with Crippen molar-refractivity contribution >= 4 is 24.6 Å². The van der Waals surface area contributed by atoms with Crippen molar-refractivity contribution in [2.24, 2.45) is 0 Å². The third kappa shape index (κ3) is 9.34. The first-order valence-electron chi connectivity index (χ1n) is 19.5. The number of halogens is 1. The summed E-state index contributed by atoms with van der Waals surface area (Å²) in [5.74, 6) is 0.303. The van der Waals surface area contributed by atoms with Gasteiger partial charge in [0.15, 0.2) is 5.82 Å². The molecule has 0 aliphatic carbocycles. The van der Waals surface area contributed by atoms with Gasteiger partial charge >= 0.3 is 7.12 Å². The standard InChI is InChI=1S/C43H49BClN9O3/c1-41(2)42(3,4)57-44(56-41)27-15-14-22-38(47-43(33-16-8-5-9-17-33,34-18-10-6-11-19-34)35-20-12-7-13-21-35)40-49-50-52-54(40)31-39(55)46-28-37-30-53(51-48-37)29-32-23-25-36(45)26-24-32/h5-13,16-21,23-26,30,38,47H,14-15,22,27-29,31H2,1-4H3,(H,46,55). The molecule has 4 aromatic carbocycles. The van der Waals surface area contributed by atoms with Crippen molar-refractivity contribution in [3.8, 4) is 0 Å². The molecule has 0 saturated carbocycles. The molecule has 1 atom stereocenters. The third-order valence-electron chi connectivity index (χ3n) is 11.0. The van der Waals surface area contributed by atoms with Crippen molar-refractivity contribution < 1.29 is 14.1 Å². The van der Waals surface area contributed by atoms with E-state index in [0.717, 1.165) is 41.4 Å². The fourth-order valence-corrected chi connectivity index (χ4v) is 7.44. The molecule has 2 N–H and O–H groups in total. The van der Waals surface area contributed by atoms with E-state index < -0.39 is 5.54 Å². The second kappa shape index (κ2) is 17.5. The second-order valence-corrected chi connectivity index (χ2v) is 16.0. The highest BCUT2D eigenvalue weighted by Gasteiger charge is 2.50. The predicted molar refractivity (Wildman–Crippen MR) is 220 cm³/mol. The Hall–Kier alpha value is -5.21. The van der Waals surface area contributed by atoms with Crippen LogP contribution in [0, 0.1) is 0 Å². The molecule has 1 aliphatic heterocycles.